The summed E-state index contributed by atoms with van der Waals surface area (Å²) in [7, 11) is 1.73. The second-order valence-electron chi connectivity index (χ2n) is 2.71. The van der Waals surface area contributed by atoms with Gasteiger partial charge in [-0.3, -0.25) is 0 Å². The van der Waals surface area contributed by atoms with Gasteiger partial charge in [0.15, 0.2) is 0 Å². The minimum atomic E-state index is 0.272. The SMILES string of the molecule is CO[C@@H]1CNC(CCO)C1. The van der Waals surface area contributed by atoms with Crippen molar-refractivity contribution in [3.05, 3.63) is 0 Å². The summed E-state index contributed by atoms with van der Waals surface area (Å²) in [5, 5.41) is 11.9. The Morgan fingerprint density at radius 1 is 1.70 bits per heavy atom. The van der Waals surface area contributed by atoms with Crippen molar-refractivity contribution in [1.29, 1.82) is 0 Å². The van der Waals surface area contributed by atoms with Gasteiger partial charge in [-0.15, -0.1) is 0 Å². The van der Waals surface area contributed by atoms with Gasteiger partial charge < -0.3 is 15.2 Å². The van der Waals surface area contributed by atoms with E-state index in [-0.39, 0.29) is 6.61 Å². The highest BCUT2D eigenvalue weighted by molar-refractivity contribution is 4.81. The van der Waals surface area contributed by atoms with Crippen molar-refractivity contribution in [1.82, 2.24) is 5.32 Å². The Bertz CT molecular complexity index is 97.6. The van der Waals surface area contributed by atoms with E-state index in [2.05, 4.69) is 5.32 Å². The lowest BCUT2D eigenvalue weighted by molar-refractivity contribution is 0.116. The van der Waals surface area contributed by atoms with Gasteiger partial charge in [-0.25, -0.2) is 0 Å². The van der Waals surface area contributed by atoms with E-state index in [0.29, 0.717) is 12.1 Å². The van der Waals surface area contributed by atoms with E-state index in [1.165, 1.54) is 0 Å². The molecule has 60 valence electrons. The zero-order valence-corrected chi connectivity index (χ0v) is 6.34. The monoisotopic (exact) mass is 145 g/mol. The number of aliphatic hydroxyl groups excluding tert-OH is 1. The van der Waals surface area contributed by atoms with Gasteiger partial charge in [-0.05, 0) is 12.8 Å². The molecule has 0 radical (unpaired) electrons. The first-order valence-electron chi connectivity index (χ1n) is 3.74. The Labute approximate surface area is 61.4 Å². The molecule has 1 fully saturated rings. The highest BCUT2D eigenvalue weighted by atomic mass is 16.5. The topological polar surface area (TPSA) is 41.5 Å². The van der Waals surface area contributed by atoms with Gasteiger partial charge in [0.1, 0.15) is 0 Å². The van der Waals surface area contributed by atoms with E-state index in [9.17, 15) is 0 Å². The third-order valence-electron chi connectivity index (χ3n) is 1.99. The summed E-state index contributed by atoms with van der Waals surface area (Å²) in [4.78, 5) is 0. The van der Waals surface area contributed by atoms with Crippen LogP contribution in [0, 0.1) is 0 Å². The van der Waals surface area contributed by atoms with Gasteiger partial charge in [-0.2, -0.15) is 0 Å². The number of nitrogens with one attached hydrogen (secondary N) is 1. The van der Waals surface area contributed by atoms with Crippen molar-refractivity contribution in [2.75, 3.05) is 20.3 Å². The molecule has 0 aromatic rings. The Hall–Kier alpha value is -0.120. The van der Waals surface area contributed by atoms with Crippen LogP contribution in [0.15, 0.2) is 0 Å². The molecule has 0 aliphatic carbocycles. The van der Waals surface area contributed by atoms with Gasteiger partial charge in [0.25, 0.3) is 0 Å². The summed E-state index contributed by atoms with van der Waals surface area (Å²) in [6.45, 7) is 1.20. The molecule has 0 saturated carbocycles. The summed E-state index contributed by atoms with van der Waals surface area (Å²) in [5.74, 6) is 0. The van der Waals surface area contributed by atoms with Crippen LogP contribution in [0.4, 0.5) is 0 Å². The van der Waals surface area contributed by atoms with E-state index >= 15 is 0 Å². The van der Waals surface area contributed by atoms with Gasteiger partial charge in [0.05, 0.1) is 6.10 Å². The molecule has 1 unspecified atom stereocenters. The maximum atomic E-state index is 8.60. The molecule has 0 bridgehead atoms. The number of hydrogen-bond acceptors (Lipinski definition) is 3. The highest BCUT2D eigenvalue weighted by Crippen LogP contribution is 2.11. The van der Waals surface area contributed by atoms with Crippen LogP contribution in [-0.2, 0) is 4.74 Å². The fourth-order valence-corrected chi connectivity index (χ4v) is 1.34. The minimum absolute atomic E-state index is 0.272. The molecule has 1 aliphatic heterocycles. The molecule has 0 aromatic heterocycles. The minimum Gasteiger partial charge on any atom is -0.396 e. The smallest absolute Gasteiger partial charge is 0.0710 e. The van der Waals surface area contributed by atoms with Gasteiger partial charge in [0, 0.05) is 26.3 Å². The first kappa shape index (κ1) is 7.98. The van der Waals surface area contributed by atoms with E-state index in [4.69, 9.17) is 9.84 Å². The van der Waals surface area contributed by atoms with Crippen LogP contribution in [0.2, 0.25) is 0 Å². The lowest BCUT2D eigenvalue weighted by atomic mass is 10.1. The molecule has 2 atom stereocenters. The molecular formula is C7H15NO2. The van der Waals surface area contributed by atoms with E-state index in [1.807, 2.05) is 0 Å². The number of aliphatic hydroxyl groups is 1. The van der Waals surface area contributed by atoms with Crippen LogP contribution >= 0.6 is 0 Å². The summed E-state index contributed by atoms with van der Waals surface area (Å²) >= 11 is 0. The average molecular weight is 145 g/mol. The quantitative estimate of drug-likeness (QED) is 0.575. The molecule has 3 heteroatoms. The number of methoxy groups -OCH3 is 1. The van der Waals surface area contributed by atoms with E-state index in [1.54, 1.807) is 7.11 Å². The predicted molar refractivity (Wildman–Crippen MR) is 38.9 cm³/mol. The van der Waals surface area contributed by atoms with Gasteiger partial charge in [-0.1, -0.05) is 0 Å². The summed E-state index contributed by atoms with van der Waals surface area (Å²) in [5.41, 5.74) is 0. The summed E-state index contributed by atoms with van der Waals surface area (Å²) < 4.78 is 5.14. The molecule has 0 aromatic carbocycles. The molecule has 0 spiro atoms. The van der Waals surface area contributed by atoms with Crippen LogP contribution in [0.25, 0.3) is 0 Å². The Balaban J connectivity index is 2.15. The maximum Gasteiger partial charge on any atom is 0.0710 e. The maximum absolute atomic E-state index is 8.60. The molecule has 1 heterocycles. The summed E-state index contributed by atoms with van der Waals surface area (Å²) in [6, 6.07) is 0.468. The number of hydrogen-bond donors (Lipinski definition) is 2. The highest BCUT2D eigenvalue weighted by Gasteiger charge is 2.22. The van der Waals surface area contributed by atoms with Crippen molar-refractivity contribution in [2.45, 2.75) is 25.0 Å². The van der Waals surface area contributed by atoms with Gasteiger partial charge in [0.2, 0.25) is 0 Å². The third kappa shape index (κ3) is 1.94. The molecule has 10 heavy (non-hydrogen) atoms. The first-order chi connectivity index (χ1) is 4.86. The predicted octanol–water partition coefficient (Wildman–Crippen LogP) is -0.254. The second-order valence-corrected chi connectivity index (χ2v) is 2.71. The Kier molecular flexibility index (Phi) is 3.12. The van der Waals surface area contributed by atoms with E-state index in [0.717, 1.165) is 19.4 Å². The van der Waals surface area contributed by atoms with Crippen LogP contribution in [0.1, 0.15) is 12.8 Å². The van der Waals surface area contributed by atoms with Crippen molar-refractivity contribution in [2.24, 2.45) is 0 Å². The summed E-state index contributed by atoms with van der Waals surface area (Å²) in [6.07, 6.45) is 2.24. The lowest BCUT2D eigenvalue weighted by Gasteiger charge is -2.06. The molecule has 0 amide bonds. The molecule has 1 saturated heterocycles. The number of ether oxygens (including phenoxy) is 1. The first-order valence-corrected chi connectivity index (χ1v) is 3.74. The third-order valence-corrected chi connectivity index (χ3v) is 1.99. The molecule has 2 N–H and O–H groups in total. The second kappa shape index (κ2) is 3.91. The molecule has 1 aliphatic rings. The van der Waals surface area contributed by atoms with Crippen LogP contribution in [0.3, 0.4) is 0 Å². The largest absolute Gasteiger partial charge is 0.396 e. The Morgan fingerprint density at radius 2 is 2.50 bits per heavy atom. The Morgan fingerprint density at radius 3 is 3.00 bits per heavy atom. The molecule has 1 rings (SSSR count). The fraction of sp³-hybridized carbons (Fsp3) is 1.00. The van der Waals surface area contributed by atoms with E-state index < -0.39 is 0 Å². The molecular weight excluding hydrogens is 130 g/mol. The van der Waals surface area contributed by atoms with Crippen LogP contribution in [0.5, 0.6) is 0 Å². The fourth-order valence-electron chi connectivity index (χ4n) is 1.34. The van der Waals surface area contributed by atoms with Crippen molar-refractivity contribution in [3.8, 4) is 0 Å². The van der Waals surface area contributed by atoms with Crippen molar-refractivity contribution >= 4 is 0 Å². The van der Waals surface area contributed by atoms with Crippen molar-refractivity contribution in [3.63, 3.8) is 0 Å². The standard InChI is InChI=1S/C7H15NO2/c1-10-7-4-6(2-3-9)8-5-7/h6-9H,2-5H2,1H3/t6?,7-/m0/s1. The van der Waals surface area contributed by atoms with Crippen LogP contribution < -0.4 is 5.32 Å². The normalized spacial score (nSPS) is 33.0. The molecule has 3 nitrogen and oxygen atoms in total. The van der Waals surface area contributed by atoms with Crippen LogP contribution in [-0.4, -0.2) is 37.5 Å². The van der Waals surface area contributed by atoms with Crippen molar-refractivity contribution < 1.29 is 9.84 Å². The lowest BCUT2D eigenvalue weighted by Crippen LogP contribution is -2.22. The zero-order chi connectivity index (χ0) is 7.40. The van der Waals surface area contributed by atoms with Gasteiger partial charge >= 0.3 is 0 Å². The average Bonchev–Trinajstić information content (AvgIpc) is 2.37. The zero-order valence-electron chi connectivity index (χ0n) is 6.34. The number of rotatable bonds is 3.